The maximum Gasteiger partial charge on any atom is 0.417 e. The molecular formula is C20H18ClFN4O4. The summed E-state index contributed by atoms with van der Waals surface area (Å²) in [5.74, 6) is -2.53. The highest BCUT2D eigenvalue weighted by atomic mass is 35.5. The van der Waals surface area contributed by atoms with E-state index in [1.54, 1.807) is 24.3 Å². The van der Waals surface area contributed by atoms with Crippen molar-refractivity contribution >= 4 is 45.9 Å². The number of fused-ring (bicyclic) bond motifs is 1. The Bertz CT molecular complexity index is 1190. The number of amides is 2. The molecule has 8 nitrogen and oxygen atoms in total. The van der Waals surface area contributed by atoms with E-state index in [4.69, 9.17) is 16.0 Å². The lowest BCUT2D eigenvalue weighted by Crippen LogP contribution is -2.56. The Morgan fingerprint density at radius 3 is 2.77 bits per heavy atom. The number of hydrogen-bond donors (Lipinski definition) is 2. The first kappa shape index (κ1) is 20.0. The summed E-state index contributed by atoms with van der Waals surface area (Å²) in [5, 5.41) is 2.57. The van der Waals surface area contributed by atoms with Crippen molar-refractivity contribution in [2.24, 2.45) is 0 Å². The molecule has 1 aromatic heterocycles. The van der Waals surface area contributed by atoms with Gasteiger partial charge in [-0.3, -0.25) is 14.6 Å². The lowest BCUT2D eigenvalue weighted by Gasteiger charge is -2.40. The van der Waals surface area contributed by atoms with Crippen LogP contribution in [0.4, 0.5) is 15.8 Å². The average Bonchev–Trinajstić information content (AvgIpc) is 3.08. The number of H-pyrrole nitrogens is 1. The molecule has 1 aliphatic heterocycles. The Morgan fingerprint density at radius 2 is 2.03 bits per heavy atom. The second-order valence-corrected chi connectivity index (χ2v) is 7.48. The predicted molar refractivity (Wildman–Crippen MR) is 110 cm³/mol. The van der Waals surface area contributed by atoms with Crippen molar-refractivity contribution in [3.05, 3.63) is 57.8 Å². The maximum atomic E-state index is 13.4. The summed E-state index contributed by atoms with van der Waals surface area (Å²) in [6.07, 6.45) is 0. The number of piperazine rings is 1. The van der Waals surface area contributed by atoms with Gasteiger partial charge in [0.25, 0.3) is 0 Å². The van der Waals surface area contributed by atoms with Crippen LogP contribution in [0.1, 0.15) is 6.92 Å². The van der Waals surface area contributed by atoms with E-state index in [2.05, 4.69) is 10.3 Å². The minimum Gasteiger partial charge on any atom is -0.408 e. The molecular weight excluding hydrogens is 415 g/mol. The molecule has 1 fully saturated rings. The second-order valence-electron chi connectivity index (χ2n) is 7.07. The highest BCUT2D eigenvalue weighted by molar-refractivity contribution is 6.39. The van der Waals surface area contributed by atoms with E-state index in [0.717, 1.165) is 5.69 Å². The maximum absolute atomic E-state index is 13.4. The standard InChI is InChI=1S/C20H18ClFN4O4/c1-11-10-25(13-3-4-15(22)14(21)9-13)6-7-26(11)19(28)18(27)23-12-2-5-16-17(8-12)30-20(29)24-16/h2-5,8-9,11H,6-7,10H2,1H3,(H,23,27)(H,24,29)/t11-/m1/s1. The largest absolute Gasteiger partial charge is 0.417 e. The third-order valence-corrected chi connectivity index (χ3v) is 5.32. The predicted octanol–water partition coefficient (Wildman–Crippen LogP) is 2.59. The van der Waals surface area contributed by atoms with E-state index in [-0.39, 0.29) is 16.6 Å². The van der Waals surface area contributed by atoms with E-state index in [1.807, 2.05) is 11.8 Å². The van der Waals surface area contributed by atoms with Crippen LogP contribution in [0.15, 0.2) is 45.6 Å². The molecule has 2 amide bonds. The molecule has 0 radical (unpaired) electrons. The summed E-state index contributed by atoms with van der Waals surface area (Å²) in [6.45, 7) is 3.12. The summed E-state index contributed by atoms with van der Waals surface area (Å²) < 4.78 is 18.4. The number of aromatic nitrogens is 1. The zero-order valence-corrected chi connectivity index (χ0v) is 16.7. The molecule has 2 aromatic carbocycles. The lowest BCUT2D eigenvalue weighted by molar-refractivity contribution is -0.144. The summed E-state index contributed by atoms with van der Waals surface area (Å²) in [7, 11) is 0. The van der Waals surface area contributed by atoms with Crippen LogP contribution in [0.2, 0.25) is 5.02 Å². The van der Waals surface area contributed by atoms with Gasteiger partial charge in [-0.2, -0.15) is 0 Å². The van der Waals surface area contributed by atoms with Gasteiger partial charge in [0.1, 0.15) is 5.82 Å². The number of rotatable bonds is 2. The number of carbonyl (C=O) groups excluding carboxylic acids is 2. The van der Waals surface area contributed by atoms with Crippen molar-refractivity contribution < 1.29 is 18.4 Å². The molecule has 0 bridgehead atoms. The third-order valence-electron chi connectivity index (χ3n) is 5.03. The summed E-state index contributed by atoms with van der Waals surface area (Å²) >= 11 is 5.86. The number of halogens is 2. The van der Waals surface area contributed by atoms with Crippen LogP contribution < -0.4 is 16.0 Å². The number of carbonyl (C=O) groups is 2. The van der Waals surface area contributed by atoms with Gasteiger partial charge < -0.3 is 19.5 Å². The molecule has 156 valence electrons. The molecule has 2 N–H and O–H groups in total. The topological polar surface area (TPSA) is 98.6 Å². The fraction of sp³-hybridized carbons (Fsp3) is 0.250. The second kappa shape index (κ2) is 7.83. The Balaban J connectivity index is 1.42. The quantitative estimate of drug-likeness (QED) is 0.606. The molecule has 2 heterocycles. The van der Waals surface area contributed by atoms with Gasteiger partial charge in [0, 0.05) is 43.1 Å². The first-order valence-electron chi connectivity index (χ1n) is 9.26. The number of nitrogens with one attached hydrogen (secondary N) is 2. The van der Waals surface area contributed by atoms with E-state index in [9.17, 15) is 18.8 Å². The number of nitrogens with zero attached hydrogens (tertiary/aromatic N) is 2. The smallest absolute Gasteiger partial charge is 0.408 e. The first-order valence-corrected chi connectivity index (χ1v) is 9.64. The van der Waals surface area contributed by atoms with Crippen LogP contribution in [-0.2, 0) is 9.59 Å². The van der Waals surface area contributed by atoms with Crippen LogP contribution >= 0.6 is 11.6 Å². The van der Waals surface area contributed by atoms with Gasteiger partial charge in [-0.25, -0.2) is 9.18 Å². The fourth-order valence-electron chi connectivity index (χ4n) is 3.51. The highest BCUT2D eigenvalue weighted by Gasteiger charge is 2.31. The number of oxazole rings is 1. The van der Waals surface area contributed by atoms with Gasteiger partial charge in [0.15, 0.2) is 5.58 Å². The van der Waals surface area contributed by atoms with Gasteiger partial charge in [-0.1, -0.05) is 11.6 Å². The first-order chi connectivity index (χ1) is 14.3. The van der Waals surface area contributed by atoms with E-state index in [0.29, 0.717) is 30.8 Å². The number of aromatic amines is 1. The number of anilines is 2. The van der Waals surface area contributed by atoms with Crippen molar-refractivity contribution in [3.63, 3.8) is 0 Å². The minimum absolute atomic E-state index is 0.0354. The Labute approximate surface area is 175 Å². The van der Waals surface area contributed by atoms with Crippen molar-refractivity contribution in [2.45, 2.75) is 13.0 Å². The molecule has 1 aliphatic rings. The molecule has 1 atom stereocenters. The zero-order chi connectivity index (χ0) is 21.4. The van der Waals surface area contributed by atoms with Gasteiger partial charge in [-0.05, 0) is 37.3 Å². The lowest BCUT2D eigenvalue weighted by atomic mass is 10.1. The molecule has 10 heteroatoms. The number of benzene rings is 2. The van der Waals surface area contributed by atoms with Gasteiger partial charge in [0.2, 0.25) is 0 Å². The molecule has 1 saturated heterocycles. The Kier molecular flexibility index (Phi) is 5.21. The van der Waals surface area contributed by atoms with Crippen LogP contribution in [0.3, 0.4) is 0 Å². The van der Waals surface area contributed by atoms with E-state index < -0.39 is 23.4 Å². The Morgan fingerprint density at radius 1 is 1.23 bits per heavy atom. The molecule has 0 saturated carbocycles. The normalized spacial score (nSPS) is 16.7. The third kappa shape index (κ3) is 3.88. The van der Waals surface area contributed by atoms with Gasteiger partial charge in [0.05, 0.1) is 10.5 Å². The van der Waals surface area contributed by atoms with E-state index in [1.165, 1.54) is 17.0 Å². The molecule has 3 aromatic rings. The monoisotopic (exact) mass is 432 g/mol. The molecule has 0 unspecified atom stereocenters. The van der Waals surface area contributed by atoms with Crippen LogP contribution in [0, 0.1) is 5.82 Å². The average molecular weight is 433 g/mol. The SMILES string of the molecule is C[C@@H]1CN(c2ccc(F)c(Cl)c2)CCN1C(=O)C(=O)Nc1ccc2[nH]c(=O)oc2c1. The minimum atomic E-state index is -0.780. The highest BCUT2D eigenvalue weighted by Crippen LogP contribution is 2.25. The molecule has 30 heavy (non-hydrogen) atoms. The van der Waals surface area contributed by atoms with Crippen LogP contribution in [0.25, 0.3) is 11.1 Å². The Hall–Kier alpha value is -3.33. The summed E-state index contributed by atoms with van der Waals surface area (Å²) in [6, 6.07) is 8.85. The van der Waals surface area contributed by atoms with Crippen molar-refractivity contribution in [2.75, 3.05) is 29.9 Å². The van der Waals surface area contributed by atoms with Gasteiger partial charge in [-0.15, -0.1) is 0 Å². The molecule has 0 aliphatic carbocycles. The summed E-state index contributed by atoms with van der Waals surface area (Å²) in [4.78, 5) is 42.3. The van der Waals surface area contributed by atoms with E-state index >= 15 is 0 Å². The van der Waals surface area contributed by atoms with Crippen LogP contribution in [-0.4, -0.2) is 47.4 Å². The van der Waals surface area contributed by atoms with Crippen LogP contribution in [0.5, 0.6) is 0 Å². The zero-order valence-electron chi connectivity index (χ0n) is 15.9. The summed E-state index contributed by atoms with van der Waals surface area (Å²) in [5.41, 5.74) is 1.88. The molecule has 0 spiro atoms. The van der Waals surface area contributed by atoms with Crippen molar-refractivity contribution in [3.8, 4) is 0 Å². The van der Waals surface area contributed by atoms with Crippen molar-refractivity contribution in [1.29, 1.82) is 0 Å². The fourth-order valence-corrected chi connectivity index (χ4v) is 3.69. The van der Waals surface area contributed by atoms with Gasteiger partial charge >= 0.3 is 17.6 Å². The van der Waals surface area contributed by atoms with Crippen molar-refractivity contribution in [1.82, 2.24) is 9.88 Å². The molecule has 4 rings (SSSR count). The number of hydrogen-bond acceptors (Lipinski definition) is 5.